The average Bonchev–Trinajstić information content (AvgIpc) is 2.62. The minimum absolute atomic E-state index is 0.235. The summed E-state index contributed by atoms with van der Waals surface area (Å²) in [5.74, 6) is 0. The maximum absolute atomic E-state index is 8.68. The molecule has 3 rings (SSSR count). The second-order valence-corrected chi connectivity index (χ2v) is 4.62. The van der Waals surface area contributed by atoms with Crippen LogP contribution >= 0.6 is 0 Å². The third-order valence-electron chi connectivity index (χ3n) is 3.12. The van der Waals surface area contributed by atoms with E-state index in [9.17, 15) is 0 Å². The maximum atomic E-state index is 8.68. The summed E-state index contributed by atoms with van der Waals surface area (Å²) in [7, 11) is 0. The van der Waals surface area contributed by atoms with Crippen molar-refractivity contribution < 1.29 is 0 Å². The monoisotopic (exact) mass is 298 g/mol. The molecule has 0 aliphatic carbocycles. The van der Waals surface area contributed by atoms with Gasteiger partial charge in [-0.25, -0.2) is 4.98 Å². The summed E-state index contributed by atoms with van der Waals surface area (Å²) in [4.78, 5) is 8.97. The maximum Gasteiger partial charge on any atom is 0.237 e. The third-order valence-corrected chi connectivity index (χ3v) is 3.12. The van der Waals surface area contributed by atoms with Crippen LogP contribution in [0.4, 0.5) is 5.69 Å². The molecule has 0 atom stereocenters. The van der Waals surface area contributed by atoms with Crippen molar-refractivity contribution in [3.05, 3.63) is 54.7 Å². The Kier molecular flexibility index (Phi) is 3.91. The zero-order valence-corrected chi connectivity index (χ0v) is 11.9. The van der Waals surface area contributed by atoms with Gasteiger partial charge in [-0.15, -0.1) is 0 Å². The molecule has 108 valence electrons. The molecule has 6 heteroatoms. The van der Waals surface area contributed by atoms with Crippen molar-refractivity contribution in [2.24, 2.45) is 5.10 Å². The molecule has 6 nitrogen and oxygen atoms in total. The fourth-order valence-electron chi connectivity index (χ4n) is 2.04. The molecule has 0 amide bonds. The van der Waals surface area contributed by atoms with Crippen molar-refractivity contribution >= 4 is 22.4 Å². The predicted octanol–water partition coefficient (Wildman–Crippen LogP) is 3.11. The van der Waals surface area contributed by atoms with Gasteiger partial charge < -0.3 is 0 Å². The van der Waals surface area contributed by atoms with Crippen LogP contribution in [0.1, 0.15) is 0 Å². The molecule has 1 N–H and O–H groups in total. The molecule has 0 radical (unpaired) electrons. The van der Waals surface area contributed by atoms with Gasteiger partial charge in [0.1, 0.15) is 12.1 Å². The van der Waals surface area contributed by atoms with Crippen molar-refractivity contribution in [2.75, 3.05) is 5.43 Å². The highest BCUT2D eigenvalue weighted by atomic mass is 15.3. The highest BCUT2D eigenvalue weighted by Gasteiger charge is 2.03. The van der Waals surface area contributed by atoms with Crippen LogP contribution < -0.4 is 5.43 Å². The molecule has 0 unspecified atom stereocenters. The smallest absolute Gasteiger partial charge is 0.237 e. The lowest BCUT2D eigenvalue weighted by Gasteiger charge is -2.05. The fraction of sp³-hybridized carbons (Fsp3) is 0. The second-order valence-electron chi connectivity index (χ2n) is 4.62. The highest BCUT2D eigenvalue weighted by Crippen LogP contribution is 2.22. The van der Waals surface area contributed by atoms with Gasteiger partial charge >= 0.3 is 0 Å². The first kappa shape index (κ1) is 14.2. The molecule has 23 heavy (non-hydrogen) atoms. The van der Waals surface area contributed by atoms with E-state index in [2.05, 4.69) is 20.5 Å². The number of benzene rings is 2. The molecule has 2 aromatic carbocycles. The van der Waals surface area contributed by atoms with Crippen LogP contribution in [-0.2, 0) is 0 Å². The van der Waals surface area contributed by atoms with E-state index in [1.165, 1.54) is 0 Å². The lowest BCUT2D eigenvalue weighted by molar-refractivity contribution is 1.29. The average molecular weight is 298 g/mol. The van der Waals surface area contributed by atoms with Gasteiger partial charge in [0.15, 0.2) is 0 Å². The predicted molar refractivity (Wildman–Crippen MR) is 87.3 cm³/mol. The Balaban J connectivity index is 1.94. The van der Waals surface area contributed by atoms with E-state index in [1.807, 2.05) is 42.5 Å². The summed E-state index contributed by atoms with van der Waals surface area (Å²) < 4.78 is 0. The molecule has 0 aliphatic heterocycles. The lowest BCUT2D eigenvalue weighted by Crippen LogP contribution is -1.96. The van der Waals surface area contributed by atoms with Crippen LogP contribution in [0.2, 0.25) is 0 Å². The van der Waals surface area contributed by atoms with Crippen molar-refractivity contribution in [3.63, 3.8) is 0 Å². The number of aromatic nitrogens is 2. The van der Waals surface area contributed by atoms with Crippen LogP contribution in [0, 0.1) is 22.7 Å². The first-order chi connectivity index (χ1) is 11.3. The van der Waals surface area contributed by atoms with Gasteiger partial charge in [-0.3, -0.25) is 10.4 Å². The number of rotatable bonds is 3. The third kappa shape index (κ3) is 3.12. The van der Waals surface area contributed by atoms with E-state index in [4.69, 9.17) is 10.5 Å². The van der Waals surface area contributed by atoms with Crippen LogP contribution in [0.25, 0.3) is 22.3 Å². The minimum atomic E-state index is -0.235. The SMILES string of the molecule is N#CC(C#N)=NNc1cccc(-c2cnc3ccccc3n2)c1. The Bertz CT molecular complexity index is 962. The zero-order chi connectivity index (χ0) is 16.1. The van der Waals surface area contributed by atoms with Gasteiger partial charge in [0, 0.05) is 5.56 Å². The number of nitriles is 2. The quantitative estimate of drug-likeness (QED) is 0.591. The summed E-state index contributed by atoms with van der Waals surface area (Å²) in [6, 6.07) is 18.4. The number of fused-ring (bicyclic) bond motifs is 1. The van der Waals surface area contributed by atoms with Crippen LogP contribution in [0.15, 0.2) is 59.8 Å². The molecule has 0 saturated carbocycles. The standard InChI is InChI=1S/C17H10N6/c18-9-14(10-19)23-22-13-5-3-4-12(8-13)17-11-20-15-6-1-2-7-16(15)21-17/h1-8,11,22H. The molecule has 3 aromatic rings. The topological polar surface area (TPSA) is 97.8 Å². The van der Waals surface area contributed by atoms with Crippen molar-refractivity contribution in [1.29, 1.82) is 10.5 Å². The van der Waals surface area contributed by atoms with Crippen molar-refractivity contribution in [2.45, 2.75) is 0 Å². The normalized spacial score (nSPS) is 9.65. The summed E-state index contributed by atoms with van der Waals surface area (Å²) in [5.41, 5.74) is 6.35. The number of hydrogen-bond donors (Lipinski definition) is 1. The number of para-hydroxylation sites is 2. The molecular formula is C17H10N6. The van der Waals surface area contributed by atoms with Gasteiger partial charge in [0.2, 0.25) is 5.71 Å². The van der Waals surface area contributed by atoms with E-state index in [0.29, 0.717) is 5.69 Å². The second kappa shape index (κ2) is 6.33. The molecule has 1 heterocycles. The summed E-state index contributed by atoms with van der Waals surface area (Å²) in [6.45, 7) is 0. The number of hydrogen-bond acceptors (Lipinski definition) is 6. The molecule has 0 saturated heterocycles. The van der Waals surface area contributed by atoms with Crippen molar-refractivity contribution in [1.82, 2.24) is 9.97 Å². The molecular weight excluding hydrogens is 288 g/mol. The van der Waals surface area contributed by atoms with Crippen LogP contribution in [0.3, 0.4) is 0 Å². The number of nitrogens with one attached hydrogen (secondary N) is 1. The van der Waals surface area contributed by atoms with Gasteiger partial charge in [-0.2, -0.15) is 15.6 Å². The zero-order valence-electron chi connectivity index (χ0n) is 11.9. The first-order valence-electron chi connectivity index (χ1n) is 6.76. The van der Waals surface area contributed by atoms with E-state index in [0.717, 1.165) is 22.3 Å². The molecule has 0 fully saturated rings. The summed E-state index contributed by atoms with van der Waals surface area (Å²) in [5, 5.41) is 21.1. The summed E-state index contributed by atoms with van der Waals surface area (Å²) >= 11 is 0. The van der Waals surface area contributed by atoms with Gasteiger partial charge in [-0.05, 0) is 24.3 Å². The Morgan fingerprint density at radius 3 is 2.57 bits per heavy atom. The van der Waals surface area contributed by atoms with Crippen LogP contribution in [0.5, 0.6) is 0 Å². The number of nitrogens with zero attached hydrogens (tertiary/aromatic N) is 5. The lowest BCUT2D eigenvalue weighted by atomic mass is 10.1. The highest BCUT2D eigenvalue weighted by molar-refractivity contribution is 6.10. The van der Waals surface area contributed by atoms with E-state index in [1.54, 1.807) is 24.4 Å². The molecule has 1 aromatic heterocycles. The van der Waals surface area contributed by atoms with E-state index >= 15 is 0 Å². The number of anilines is 1. The van der Waals surface area contributed by atoms with E-state index < -0.39 is 0 Å². The first-order valence-corrected chi connectivity index (χ1v) is 6.76. The van der Waals surface area contributed by atoms with Crippen LogP contribution in [-0.4, -0.2) is 15.7 Å². The Morgan fingerprint density at radius 1 is 1.00 bits per heavy atom. The largest absolute Gasteiger partial charge is 0.276 e. The molecule has 0 bridgehead atoms. The fourth-order valence-corrected chi connectivity index (χ4v) is 2.04. The molecule has 0 aliphatic rings. The van der Waals surface area contributed by atoms with E-state index in [-0.39, 0.29) is 5.71 Å². The Labute approximate surface area is 132 Å². The van der Waals surface area contributed by atoms with Gasteiger partial charge in [-0.1, -0.05) is 24.3 Å². The Morgan fingerprint density at radius 2 is 1.78 bits per heavy atom. The molecule has 0 spiro atoms. The van der Waals surface area contributed by atoms with Gasteiger partial charge in [0.05, 0.1) is 28.6 Å². The minimum Gasteiger partial charge on any atom is -0.276 e. The van der Waals surface area contributed by atoms with Crippen molar-refractivity contribution in [3.8, 4) is 23.4 Å². The number of hydrazone groups is 1. The Hall–Kier alpha value is -3.77. The summed E-state index contributed by atoms with van der Waals surface area (Å²) in [6.07, 6.45) is 1.71. The van der Waals surface area contributed by atoms with Gasteiger partial charge in [0.25, 0.3) is 0 Å².